The molecule has 1 aromatic heterocycles. The fourth-order valence-electron chi connectivity index (χ4n) is 4.62. The summed E-state index contributed by atoms with van der Waals surface area (Å²) in [6.07, 6.45) is 0. The van der Waals surface area contributed by atoms with Crippen LogP contribution in [0.25, 0.3) is 0 Å². The molecule has 0 saturated carbocycles. The van der Waals surface area contributed by atoms with Crippen LogP contribution in [0, 0.1) is 5.92 Å². The third kappa shape index (κ3) is 3.93. The van der Waals surface area contributed by atoms with E-state index in [1.807, 2.05) is 54.6 Å². The molecule has 2 amide bonds. The molecule has 3 unspecified atom stereocenters. The first-order valence-corrected chi connectivity index (χ1v) is 13.3. The van der Waals surface area contributed by atoms with E-state index >= 15 is 0 Å². The van der Waals surface area contributed by atoms with Crippen LogP contribution in [0.3, 0.4) is 0 Å². The van der Waals surface area contributed by atoms with Gasteiger partial charge in [0.1, 0.15) is 16.7 Å². The maximum atomic E-state index is 13.8. The number of fused-ring (bicyclic) bond motifs is 2. The van der Waals surface area contributed by atoms with Crippen molar-refractivity contribution in [2.75, 3.05) is 4.90 Å². The van der Waals surface area contributed by atoms with Crippen molar-refractivity contribution in [3.8, 4) is 11.5 Å². The lowest BCUT2D eigenvalue weighted by molar-refractivity contribution is -0.122. The van der Waals surface area contributed by atoms with E-state index in [1.54, 1.807) is 24.3 Å². The van der Waals surface area contributed by atoms with E-state index in [4.69, 9.17) is 4.74 Å². The summed E-state index contributed by atoms with van der Waals surface area (Å²) in [4.78, 5) is 44.3. The van der Waals surface area contributed by atoms with Crippen LogP contribution in [-0.2, 0) is 9.59 Å². The molecule has 3 aromatic carbocycles. The number of carbonyl (C=O) groups excluding carboxylic acids is 2. The van der Waals surface area contributed by atoms with Crippen LogP contribution in [0.15, 0.2) is 93.2 Å². The Morgan fingerprint density at radius 3 is 2.37 bits per heavy atom. The zero-order chi connectivity index (χ0) is 24.1. The van der Waals surface area contributed by atoms with Gasteiger partial charge in [-0.2, -0.15) is 0 Å². The number of halogens is 1. The number of nitrogens with one attached hydrogen (secondary N) is 1. The number of H-pyrrole nitrogens is 1. The largest absolute Gasteiger partial charge is 0.457 e. The Morgan fingerprint density at radius 2 is 1.60 bits per heavy atom. The molecule has 4 aromatic rings. The van der Waals surface area contributed by atoms with E-state index < -0.39 is 17.1 Å². The highest BCUT2D eigenvalue weighted by Crippen LogP contribution is 2.53. The molecule has 1 N–H and O–H groups in total. The number of rotatable bonds is 4. The number of nitrogens with zero attached hydrogens (tertiary/aromatic N) is 1. The number of thiazole rings is 1. The molecule has 0 spiro atoms. The second kappa shape index (κ2) is 8.82. The fourth-order valence-corrected chi connectivity index (χ4v) is 7.40. The number of anilines is 1. The number of hydrogen-bond donors (Lipinski definition) is 1. The first-order chi connectivity index (χ1) is 17.0. The Morgan fingerprint density at radius 1 is 0.857 bits per heavy atom. The predicted molar refractivity (Wildman–Crippen MR) is 140 cm³/mol. The zero-order valence-electron chi connectivity index (χ0n) is 18.0. The van der Waals surface area contributed by atoms with E-state index in [0.717, 1.165) is 26.3 Å². The van der Waals surface area contributed by atoms with Crippen LogP contribution in [0.1, 0.15) is 16.4 Å². The first-order valence-electron chi connectivity index (χ1n) is 10.9. The van der Waals surface area contributed by atoms with Crippen molar-refractivity contribution in [3.05, 3.63) is 103 Å². The topological polar surface area (TPSA) is 79.5 Å². The van der Waals surface area contributed by atoms with Gasteiger partial charge >= 0.3 is 4.87 Å². The van der Waals surface area contributed by atoms with Gasteiger partial charge < -0.3 is 9.72 Å². The van der Waals surface area contributed by atoms with Gasteiger partial charge in [-0.1, -0.05) is 69.4 Å². The van der Waals surface area contributed by atoms with Gasteiger partial charge in [0.15, 0.2) is 0 Å². The fraction of sp³-hybridized carbons (Fsp3) is 0.115. The summed E-state index contributed by atoms with van der Waals surface area (Å²) in [6, 6.07) is 24.1. The Labute approximate surface area is 217 Å². The van der Waals surface area contributed by atoms with Gasteiger partial charge in [0, 0.05) is 15.3 Å². The number of benzene rings is 3. The lowest BCUT2D eigenvalue weighted by Gasteiger charge is -2.30. The Balaban J connectivity index is 1.43. The minimum atomic E-state index is -0.637. The molecule has 0 aliphatic carbocycles. The van der Waals surface area contributed by atoms with Gasteiger partial charge in [-0.25, -0.2) is 4.90 Å². The van der Waals surface area contributed by atoms with E-state index in [1.165, 1.54) is 16.7 Å². The quantitative estimate of drug-likeness (QED) is 0.317. The molecular weight excluding hydrogens is 548 g/mol. The normalized spacial score (nSPS) is 21.1. The molecule has 1 fully saturated rings. The molecule has 0 bridgehead atoms. The Bertz CT molecular complexity index is 1500. The molecule has 174 valence electrons. The molecule has 2 aliphatic rings. The number of aromatic amines is 1. The third-order valence-electron chi connectivity index (χ3n) is 6.10. The summed E-state index contributed by atoms with van der Waals surface area (Å²) in [5.41, 5.74) is 1.36. The highest BCUT2D eigenvalue weighted by atomic mass is 79.9. The van der Waals surface area contributed by atoms with E-state index in [-0.39, 0.29) is 16.7 Å². The van der Waals surface area contributed by atoms with Crippen molar-refractivity contribution in [1.29, 1.82) is 0 Å². The summed E-state index contributed by atoms with van der Waals surface area (Å²) >= 11 is 5.76. The van der Waals surface area contributed by atoms with Gasteiger partial charge in [-0.05, 0) is 54.1 Å². The van der Waals surface area contributed by atoms with Gasteiger partial charge in [0.2, 0.25) is 11.8 Å². The summed E-state index contributed by atoms with van der Waals surface area (Å²) in [7, 11) is 0. The maximum Gasteiger partial charge on any atom is 0.305 e. The Kier molecular flexibility index (Phi) is 5.63. The average Bonchev–Trinajstić information content (AvgIpc) is 3.35. The zero-order valence-corrected chi connectivity index (χ0v) is 21.2. The van der Waals surface area contributed by atoms with Crippen LogP contribution in [0.5, 0.6) is 11.5 Å². The SMILES string of the molecule is O=C1C2Sc3[nH]c(=O)sc3C(c3cccc(Oc4ccccc4)c3)C2C(=O)N1c1ccc(Br)cc1. The number of hydrogen-bond acceptors (Lipinski definition) is 6. The number of thioether (sulfide) groups is 1. The lowest BCUT2D eigenvalue weighted by atomic mass is 9.83. The van der Waals surface area contributed by atoms with Crippen molar-refractivity contribution < 1.29 is 14.3 Å². The number of imide groups is 1. The van der Waals surface area contributed by atoms with Crippen molar-refractivity contribution in [2.45, 2.75) is 16.2 Å². The summed E-state index contributed by atoms with van der Waals surface area (Å²) in [6.45, 7) is 0. The van der Waals surface area contributed by atoms with Crippen LogP contribution in [0.4, 0.5) is 5.69 Å². The number of carbonyl (C=O) groups is 2. The van der Waals surface area contributed by atoms with E-state index in [9.17, 15) is 14.4 Å². The highest BCUT2D eigenvalue weighted by molar-refractivity contribution is 9.10. The smallest absolute Gasteiger partial charge is 0.305 e. The molecule has 6 nitrogen and oxygen atoms in total. The summed E-state index contributed by atoms with van der Waals surface area (Å²) in [5, 5.41) is 0.0204. The van der Waals surface area contributed by atoms with E-state index in [0.29, 0.717) is 22.2 Å². The second-order valence-corrected chi connectivity index (χ2v) is 11.3. The summed E-state index contributed by atoms with van der Waals surface area (Å²) in [5.74, 6) is -0.303. The number of ether oxygens (including phenoxy) is 1. The highest BCUT2D eigenvalue weighted by Gasteiger charge is 2.56. The van der Waals surface area contributed by atoms with Crippen LogP contribution in [-0.4, -0.2) is 22.0 Å². The van der Waals surface area contributed by atoms with Crippen LogP contribution >= 0.6 is 39.0 Å². The van der Waals surface area contributed by atoms with Crippen LogP contribution < -0.4 is 14.5 Å². The molecule has 9 heteroatoms. The molecule has 1 saturated heterocycles. The molecule has 35 heavy (non-hydrogen) atoms. The van der Waals surface area contributed by atoms with Crippen molar-refractivity contribution in [1.82, 2.24) is 4.98 Å². The van der Waals surface area contributed by atoms with Crippen molar-refractivity contribution in [2.24, 2.45) is 5.92 Å². The second-order valence-electron chi connectivity index (χ2n) is 8.23. The molecule has 3 atom stereocenters. The van der Waals surface area contributed by atoms with Crippen LogP contribution in [0.2, 0.25) is 0 Å². The predicted octanol–water partition coefficient (Wildman–Crippen LogP) is 5.79. The first kappa shape index (κ1) is 22.3. The van der Waals surface area contributed by atoms with Crippen molar-refractivity contribution >= 4 is 56.5 Å². The lowest BCUT2D eigenvalue weighted by Crippen LogP contribution is -2.32. The van der Waals surface area contributed by atoms with Gasteiger partial charge in [-0.15, -0.1) is 0 Å². The Hall–Kier alpha value is -3.14. The minimum absolute atomic E-state index is 0.200. The van der Waals surface area contributed by atoms with Gasteiger partial charge in [-0.3, -0.25) is 14.4 Å². The number of amides is 2. The van der Waals surface area contributed by atoms with E-state index in [2.05, 4.69) is 20.9 Å². The maximum absolute atomic E-state index is 13.8. The van der Waals surface area contributed by atoms with Gasteiger partial charge in [0.25, 0.3) is 0 Å². The standard InChI is InChI=1S/C26H17BrN2O4S2/c27-15-9-11-16(12-10-15)29-24(30)20-19(21-23(28-26(32)35-21)34-22(20)25(29)31)14-5-4-8-18(13-14)33-17-6-2-1-3-7-17/h1-13,19-20,22H,(H,28,32). The number of aromatic nitrogens is 1. The monoisotopic (exact) mass is 564 g/mol. The van der Waals surface area contributed by atoms with Gasteiger partial charge in [0.05, 0.1) is 16.6 Å². The number of para-hydroxylation sites is 1. The molecule has 3 heterocycles. The molecule has 2 aliphatic heterocycles. The summed E-state index contributed by atoms with van der Waals surface area (Å²) < 4.78 is 6.89. The molecule has 0 radical (unpaired) electrons. The minimum Gasteiger partial charge on any atom is -0.457 e. The third-order valence-corrected chi connectivity index (χ3v) is 9.03. The molecular formula is C26H17BrN2O4S2. The average molecular weight is 565 g/mol. The molecule has 6 rings (SSSR count). The van der Waals surface area contributed by atoms with Crippen molar-refractivity contribution in [3.63, 3.8) is 0 Å².